The fourth-order valence-electron chi connectivity index (χ4n) is 11.2. The second kappa shape index (κ2) is 19.1. The van der Waals surface area contributed by atoms with Crippen molar-refractivity contribution in [2.75, 3.05) is 0 Å². The van der Waals surface area contributed by atoms with E-state index in [2.05, 4.69) is 14.0 Å². The molecule has 13 rings (SSSR count). The van der Waals surface area contributed by atoms with Crippen molar-refractivity contribution in [2.45, 2.75) is 26.2 Å². The first kappa shape index (κ1) is 49.5. The van der Waals surface area contributed by atoms with Crippen LogP contribution in [0, 0.1) is 20.4 Å². The Bertz CT molecular complexity index is 4610. The van der Waals surface area contributed by atoms with Crippen molar-refractivity contribution in [1.29, 1.82) is 0 Å². The highest BCUT2D eigenvalue weighted by Crippen LogP contribution is 2.49. The topological polar surface area (TPSA) is 52.9 Å². The molecule has 0 unspecified atom stereocenters. The Kier molecular flexibility index (Phi) is 11.8. The van der Waals surface area contributed by atoms with Crippen molar-refractivity contribution in [2.24, 2.45) is 0 Å². The van der Waals surface area contributed by atoms with E-state index in [1.165, 1.54) is 12.1 Å². The number of hydrogen-bond donors (Lipinski definition) is 0. The third kappa shape index (κ3) is 8.60. The lowest BCUT2D eigenvalue weighted by Gasteiger charge is -2.22. The number of benzene rings is 10. The summed E-state index contributed by atoms with van der Waals surface area (Å²) in [5.74, 6) is 1.17. The van der Waals surface area contributed by atoms with E-state index in [0.29, 0.717) is 84.6 Å². The van der Waals surface area contributed by atoms with Crippen LogP contribution in [-0.2, 0) is 12.4 Å². The van der Waals surface area contributed by atoms with E-state index in [9.17, 15) is 26.3 Å². The van der Waals surface area contributed by atoms with Gasteiger partial charge in [0.05, 0.1) is 45.5 Å². The first-order chi connectivity index (χ1) is 38.7. The third-order valence-electron chi connectivity index (χ3n) is 14.7. The smallest absolute Gasteiger partial charge is 0.310 e. The lowest BCUT2D eigenvalue weighted by molar-refractivity contribution is -0.138. The lowest BCUT2D eigenvalue weighted by Crippen LogP contribution is -2.06. The monoisotopic (exact) mass is 1060 g/mol. The quantitative estimate of drug-likeness (QED) is 0.113. The minimum absolute atomic E-state index is 0.307. The van der Waals surface area contributed by atoms with Gasteiger partial charge in [-0.2, -0.15) is 26.3 Å². The van der Waals surface area contributed by atoms with Crippen LogP contribution >= 0.6 is 0 Å². The number of halogens is 6. The summed E-state index contributed by atoms with van der Waals surface area (Å²) in [5, 5.41) is 3.25. The molecule has 0 saturated carbocycles. The minimum Gasteiger partial charge on any atom is -0.310 e. The van der Waals surface area contributed by atoms with E-state index in [4.69, 9.17) is 21.5 Å². The van der Waals surface area contributed by atoms with Crippen LogP contribution in [0.15, 0.2) is 218 Å². The van der Waals surface area contributed by atoms with Gasteiger partial charge >= 0.3 is 12.4 Å². The highest BCUT2D eigenvalue weighted by Gasteiger charge is 2.33. The summed E-state index contributed by atoms with van der Waals surface area (Å²) in [6.07, 6.45) is -9.08. The average Bonchev–Trinajstić information content (AvgIpc) is 4.07. The molecule has 0 spiro atoms. The lowest BCUT2D eigenvalue weighted by atomic mass is 9.93. The largest absolute Gasteiger partial charge is 0.416 e. The Hall–Kier alpha value is -10.1. The van der Waals surface area contributed by atoms with Crippen LogP contribution in [0.5, 0.6) is 0 Å². The molecule has 80 heavy (non-hydrogen) atoms. The van der Waals surface area contributed by atoms with Gasteiger partial charge in [-0.25, -0.2) is 19.8 Å². The molecule has 13 aromatic rings. The highest BCUT2D eigenvalue weighted by atomic mass is 19.4. The predicted molar refractivity (Wildman–Crippen MR) is 307 cm³/mol. The number of aryl methyl sites for hydroxylation is 2. The summed E-state index contributed by atoms with van der Waals surface area (Å²) in [7, 11) is 0. The summed E-state index contributed by atoms with van der Waals surface area (Å²) in [4.78, 5) is 19.8. The van der Waals surface area contributed by atoms with Gasteiger partial charge in [0.1, 0.15) is 0 Å². The van der Waals surface area contributed by atoms with Crippen LogP contribution in [0.2, 0.25) is 0 Å². The number of alkyl halides is 6. The zero-order valence-corrected chi connectivity index (χ0v) is 42.7. The second-order valence-electron chi connectivity index (χ2n) is 19.9. The van der Waals surface area contributed by atoms with E-state index in [1.807, 2.05) is 176 Å². The van der Waals surface area contributed by atoms with Gasteiger partial charge in [-0.15, -0.1) is 0 Å². The van der Waals surface area contributed by atoms with E-state index >= 15 is 0 Å². The molecule has 0 aliphatic heterocycles. The van der Waals surface area contributed by atoms with Gasteiger partial charge < -0.3 is 9.13 Å². The molecule has 3 aromatic heterocycles. The Morgan fingerprint density at radius 2 is 0.787 bits per heavy atom. The molecular weight excluding hydrogens is 1010 g/mol. The van der Waals surface area contributed by atoms with Gasteiger partial charge in [-0.1, -0.05) is 146 Å². The maximum Gasteiger partial charge on any atom is 0.416 e. The number of fused-ring (bicyclic) bond motifs is 6. The number of aromatic nitrogens is 5. The minimum atomic E-state index is -4.54. The maximum absolute atomic E-state index is 14.3. The van der Waals surface area contributed by atoms with Crippen LogP contribution in [0.1, 0.15) is 22.3 Å². The first-order valence-electron chi connectivity index (χ1n) is 25.7. The second-order valence-corrected chi connectivity index (χ2v) is 19.9. The van der Waals surface area contributed by atoms with E-state index in [0.717, 1.165) is 66.9 Å². The molecule has 0 atom stereocenters. The Morgan fingerprint density at radius 1 is 0.362 bits per heavy atom. The molecule has 0 amide bonds. The van der Waals surface area contributed by atoms with E-state index in [1.54, 1.807) is 32.0 Å². The Balaban J connectivity index is 1.13. The summed E-state index contributed by atoms with van der Waals surface area (Å²) in [6.45, 7) is 12.3. The highest BCUT2D eigenvalue weighted by molar-refractivity contribution is 6.14. The maximum atomic E-state index is 14.3. The van der Waals surface area contributed by atoms with Crippen molar-refractivity contribution in [1.82, 2.24) is 24.1 Å². The number of para-hydroxylation sites is 2. The van der Waals surface area contributed by atoms with E-state index < -0.39 is 23.5 Å². The number of nitrogens with zero attached hydrogens (tertiary/aromatic N) is 6. The molecular formula is C68H42F6N6. The molecule has 0 saturated heterocycles. The standard InChI is InChI=1S/C68H42F6N6/c1-40-32-46(36-48(34-40)67(69,70)71)44-28-30-58-53(38-44)50-20-10-12-24-56(50)79(58)60-26-14-22-52(66-77-64(42-16-6-4-7-17-42)76-65(78-66)43-18-8-5-9-19-43)62(60)63-55(75-3)23-15-27-61(63)80-57-25-13-11-21-51(57)54-39-45(29-31-59(54)80)47-33-41(2)35-49(37-47)68(72,73)74/h4-39H,1-2H3. The molecule has 10 aromatic carbocycles. The van der Waals surface area contributed by atoms with Crippen LogP contribution in [0.25, 0.3) is 127 Å². The molecule has 0 radical (unpaired) electrons. The number of rotatable bonds is 8. The van der Waals surface area contributed by atoms with Gasteiger partial charge in [0.15, 0.2) is 23.2 Å². The SMILES string of the molecule is [C-]#[N+]c1cccc(-n2c3ccccc3c3cc(-c4cc(C)cc(C(F)(F)F)c4)ccc32)c1-c1c(-c2nc(-c3ccccc3)nc(-c3ccccc3)n2)cccc1-n1c2ccccc2c2cc(-c3cc(C)cc(C(F)(F)F)c3)ccc21. The van der Waals surface area contributed by atoms with Gasteiger partial charge in [0.25, 0.3) is 0 Å². The molecule has 0 N–H and O–H groups in total. The summed E-state index contributed by atoms with van der Waals surface area (Å²) < 4.78 is 89.7. The van der Waals surface area contributed by atoms with Crippen molar-refractivity contribution in [3.05, 3.63) is 252 Å². The third-order valence-corrected chi connectivity index (χ3v) is 14.7. The normalized spacial score (nSPS) is 12.0. The molecule has 0 bridgehead atoms. The van der Waals surface area contributed by atoms with Gasteiger partial charge in [0, 0.05) is 55.0 Å². The van der Waals surface area contributed by atoms with Gasteiger partial charge in [-0.3, -0.25) is 0 Å². The molecule has 0 aliphatic rings. The molecule has 0 aliphatic carbocycles. The van der Waals surface area contributed by atoms with Crippen molar-refractivity contribution in [3.8, 4) is 78.9 Å². The molecule has 386 valence electrons. The van der Waals surface area contributed by atoms with Crippen LogP contribution in [0.3, 0.4) is 0 Å². The molecule has 3 heterocycles. The molecule has 12 heteroatoms. The fourth-order valence-corrected chi connectivity index (χ4v) is 11.2. The van der Waals surface area contributed by atoms with Gasteiger partial charge in [-0.05, 0) is 120 Å². The molecule has 0 fully saturated rings. The Labute approximate surface area is 455 Å². The summed E-state index contributed by atoms with van der Waals surface area (Å²) in [5.41, 5.74) is 9.44. The van der Waals surface area contributed by atoms with Crippen molar-refractivity contribution < 1.29 is 26.3 Å². The molecule has 6 nitrogen and oxygen atoms in total. The average molecular weight is 1060 g/mol. The zero-order chi connectivity index (χ0) is 55.0. The predicted octanol–water partition coefficient (Wildman–Crippen LogP) is 19.3. The van der Waals surface area contributed by atoms with E-state index in [-0.39, 0.29) is 0 Å². The van der Waals surface area contributed by atoms with Gasteiger partial charge in [0.2, 0.25) is 0 Å². The van der Waals surface area contributed by atoms with Crippen LogP contribution in [-0.4, -0.2) is 24.1 Å². The van der Waals surface area contributed by atoms with Crippen LogP contribution < -0.4 is 0 Å². The number of hydrogen-bond acceptors (Lipinski definition) is 3. The van der Waals surface area contributed by atoms with Crippen molar-refractivity contribution >= 4 is 49.3 Å². The summed E-state index contributed by atoms with van der Waals surface area (Å²) in [6, 6.07) is 66.0. The van der Waals surface area contributed by atoms with Crippen LogP contribution in [0.4, 0.5) is 32.0 Å². The first-order valence-corrected chi connectivity index (χ1v) is 25.7. The summed E-state index contributed by atoms with van der Waals surface area (Å²) >= 11 is 0. The fraction of sp³-hybridized carbons (Fsp3) is 0.0588. The zero-order valence-electron chi connectivity index (χ0n) is 42.7. The Morgan fingerprint density at radius 3 is 1.26 bits per heavy atom. The van der Waals surface area contributed by atoms with Crippen molar-refractivity contribution in [3.63, 3.8) is 0 Å².